The lowest BCUT2D eigenvalue weighted by Crippen LogP contribution is -2.27. The van der Waals surface area contributed by atoms with Gasteiger partial charge in [0.2, 0.25) is 5.28 Å². The van der Waals surface area contributed by atoms with Gasteiger partial charge < -0.3 is 4.74 Å². The van der Waals surface area contributed by atoms with Gasteiger partial charge in [0.1, 0.15) is 6.04 Å². The van der Waals surface area contributed by atoms with E-state index in [9.17, 15) is 9.59 Å². The molecule has 1 atom stereocenters. The van der Waals surface area contributed by atoms with Crippen molar-refractivity contribution >= 4 is 17.6 Å². The molecule has 1 heterocycles. The molecule has 72 valence electrons. The summed E-state index contributed by atoms with van der Waals surface area (Å²) in [6.07, 6.45) is 0. The first-order valence-corrected chi connectivity index (χ1v) is 3.86. The van der Waals surface area contributed by atoms with Crippen molar-refractivity contribution in [1.82, 2.24) is 14.8 Å². The average Bonchev–Trinajstić information content (AvgIpc) is 2.44. The second-order valence-electron chi connectivity index (χ2n) is 2.37. The molecule has 1 N–H and O–H groups in total. The molecule has 6 nitrogen and oxygen atoms in total. The lowest BCUT2D eigenvalue weighted by atomic mass is 10.3. The molecule has 1 unspecified atom stereocenters. The number of aromatic nitrogens is 3. The van der Waals surface area contributed by atoms with E-state index in [-0.39, 0.29) is 5.28 Å². The summed E-state index contributed by atoms with van der Waals surface area (Å²) >= 11 is 5.55. The largest absolute Gasteiger partial charge is 0.467 e. The van der Waals surface area contributed by atoms with Crippen molar-refractivity contribution in [2.24, 2.45) is 0 Å². The van der Waals surface area contributed by atoms with Gasteiger partial charge in [0.25, 0.3) is 0 Å². The van der Waals surface area contributed by atoms with Crippen LogP contribution in [0.25, 0.3) is 0 Å². The molecule has 0 aliphatic carbocycles. The Labute approximate surface area is 78.5 Å². The molecule has 0 radical (unpaired) electrons. The molecule has 1 aromatic rings. The van der Waals surface area contributed by atoms with Gasteiger partial charge in [0.15, 0.2) is 0 Å². The van der Waals surface area contributed by atoms with E-state index in [0.717, 1.165) is 4.57 Å². The maximum Gasteiger partial charge on any atom is 0.345 e. The van der Waals surface area contributed by atoms with E-state index in [1.165, 1.54) is 14.0 Å². The summed E-state index contributed by atoms with van der Waals surface area (Å²) in [7, 11) is 1.23. The number of methoxy groups -OCH3 is 1. The fourth-order valence-corrected chi connectivity index (χ4v) is 1.16. The van der Waals surface area contributed by atoms with Gasteiger partial charge in [0.05, 0.1) is 7.11 Å². The van der Waals surface area contributed by atoms with Crippen LogP contribution >= 0.6 is 11.6 Å². The highest BCUT2D eigenvalue weighted by atomic mass is 35.5. The second-order valence-corrected chi connectivity index (χ2v) is 2.70. The zero-order valence-corrected chi connectivity index (χ0v) is 7.83. The van der Waals surface area contributed by atoms with E-state index in [0.29, 0.717) is 0 Å². The maximum absolute atomic E-state index is 11.1. The van der Waals surface area contributed by atoms with E-state index in [1.54, 1.807) is 0 Å². The van der Waals surface area contributed by atoms with E-state index >= 15 is 0 Å². The standard InChI is InChI=1S/C6H8ClN3O3/c1-3(4(11)13-2)10-5(7)8-9-6(10)12/h3H,1-2H3,(H,9,12). The molecule has 13 heavy (non-hydrogen) atoms. The number of aromatic amines is 1. The number of hydrogen-bond acceptors (Lipinski definition) is 4. The zero-order valence-electron chi connectivity index (χ0n) is 7.07. The van der Waals surface area contributed by atoms with Gasteiger partial charge in [0, 0.05) is 0 Å². The van der Waals surface area contributed by atoms with Crippen molar-refractivity contribution in [3.8, 4) is 0 Å². The smallest absolute Gasteiger partial charge is 0.345 e. The molecule has 1 rings (SSSR count). The number of carbonyl (C=O) groups excluding carboxylic acids is 1. The first-order chi connectivity index (χ1) is 6.07. The fourth-order valence-electron chi connectivity index (χ4n) is 0.897. The van der Waals surface area contributed by atoms with Crippen LogP contribution in [0.1, 0.15) is 13.0 Å². The summed E-state index contributed by atoms with van der Waals surface area (Å²) in [5.41, 5.74) is -0.539. The SMILES string of the molecule is COC(=O)C(C)n1c(Cl)n[nH]c1=O. The fraction of sp³-hybridized carbons (Fsp3) is 0.500. The predicted octanol–water partition coefficient (Wildman–Crippen LogP) is -0.0412. The summed E-state index contributed by atoms with van der Waals surface area (Å²) in [6, 6.07) is -0.774. The van der Waals surface area contributed by atoms with Crippen LogP contribution in [0.15, 0.2) is 4.79 Å². The lowest BCUT2D eigenvalue weighted by Gasteiger charge is -2.08. The third-order valence-corrected chi connectivity index (χ3v) is 1.86. The van der Waals surface area contributed by atoms with E-state index < -0.39 is 17.7 Å². The molecule has 0 aromatic carbocycles. The summed E-state index contributed by atoms with van der Waals surface area (Å²) in [6.45, 7) is 1.49. The molecule has 0 amide bonds. The van der Waals surface area contributed by atoms with Gasteiger partial charge in [-0.15, -0.1) is 5.10 Å². The first-order valence-electron chi connectivity index (χ1n) is 3.48. The number of ether oxygens (including phenoxy) is 1. The Morgan fingerprint density at radius 2 is 2.38 bits per heavy atom. The normalized spacial score (nSPS) is 12.5. The summed E-state index contributed by atoms with van der Waals surface area (Å²) < 4.78 is 5.45. The van der Waals surface area contributed by atoms with Gasteiger partial charge in [-0.2, -0.15) is 0 Å². The van der Waals surface area contributed by atoms with Gasteiger partial charge in [-0.1, -0.05) is 0 Å². The Hall–Kier alpha value is -1.30. The Balaban J connectivity index is 3.07. The number of hydrogen-bond donors (Lipinski definition) is 1. The number of nitrogens with one attached hydrogen (secondary N) is 1. The van der Waals surface area contributed by atoms with Crippen LogP contribution in [-0.4, -0.2) is 27.8 Å². The Kier molecular flexibility index (Phi) is 2.72. The molecule has 0 saturated heterocycles. The van der Waals surface area contributed by atoms with Crippen LogP contribution in [0.4, 0.5) is 0 Å². The minimum atomic E-state index is -0.774. The van der Waals surface area contributed by atoms with Crippen LogP contribution < -0.4 is 5.69 Å². The van der Waals surface area contributed by atoms with E-state index in [4.69, 9.17) is 11.6 Å². The predicted molar refractivity (Wildman–Crippen MR) is 44.6 cm³/mol. The third-order valence-electron chi connectivity index (χ3n) is 1.59. The van der Waals surface area contributed by atoms with Crippen molar-refractivity contribution < 1.29 is 9.53 Å². The van der Waals surface area contributed by atoms with Crippen molar-refractivity contribution in [2.45, 2.75) is 13.0 Å². The molecule has 1 aromatic heterocycles. The quantitative estimate of drug-likeness (QED) is 0.688. The van der Waals surface area contributed by atoms with Gasteiger partial charge >= 0.3 is 11.7 Å². The first kappa shape index (κ1) is 9.79. The highest BCUT2D eigenvalue weighted by Crippen LogP contribution is 2.09. The lowest BCUT2D eigenvalue weighted by molar-refractivity contribution is -0.144. The van der Waals surface area contributed by atoms with E-state index in [1.807, 2.05) is 0 Å². The highest BCUT2D eigenvalue weighted by molar-refractivity contribution is 6.28. The summed E-state index contributed by atoms with van der Waals surface area (Å²) in [5, 5.41) is 5.48. The van der Waals surface area contributed by atoms with Gasteiger partial charge in [-0.05, 0) is 18.5 Å². The van der Waals surface area contributed by atoms with Crippen molar-refractivity contribution in [3.05, 3.63) is 15.8 Å². The molecule has 0 fully saturated rings. The number of esters is 1. The Bertz CT molecular complexity index is 369. The average molecular weight is 206 g/mol. The molecular weight excluding hydrogens is 198 g/mol. The van der Waals surface area contributed by atoms with Gasteiger partial charge in [-0.25, -0.2) is 14.7 Å². The summed E-state index contributed by atoms with van der Waals surface area (Å²) in [4.78, 5) is 22.1. The molecule has 0 aliphatic heterocycles. The molecule has 0 bridgehead atoms. The third kappa shape index (κ3) is 1.72. The number of halogens is 1. The maximum atomic E-state index is 11.1. The second kappa shape index (κ2) is 3.61. The van der Waals surface area contributed by atoms with Crippen LogP contribution in [0.2, 0.25) is 5.28 Å². The topological polar surface area (TPSA) is 77.0 Å². The van der Waals surface area contributed by atoms with Crippen LogP contribution in [0, 0.1) is 0 Å². The molecule has 0 spiro atoms. The number of rotatable bonds is 2. The molecule has 0 saturated carbocycles. The van der Waals surface area contributed by atoms with Crippen molar-refractivity contribution in [2.75, 3.05) is 7.11 Å². The van der Waals surface area contributed by atoms with Crippen LogP contribution in [0.3, 0.4) is 0 Å². The van der Waals surface area contributed by atoms with E-state index in [2.05, 4.69) is 14.9 Å². The van der Waals surface area contributed by atoms with Crippen molar-refractivity contribution in [3.63, 3.8) is 0 Å². The van der Waals surface area contributed by atoms with Gasteiger partial charge in [-0.3, -0.25) is 4.57 Å². The molecule has 7 heteroatoms. The minimum Gasteiger partial charge on any atom is -0.467 e. The zero-order chi connectivity index (χ0) is 10.0. The Morgan fingerprint density at radius 3 is 2.77 bits per heavy atom. The molecule has 0 aliphatic rings. The van der Waals surface area contributed by atoms with Crippen LogP contribution in [-0.2, 0) is 9.53 Å². The minimum absolute atomic E-state index is 0.0668. The summed E-state index contributed by atoms with van der Waals surface area (Å²) in [5.74, 6) is -0.551. The monoisotopic (exact) mass is 205 g/mol. The number of H-pyrrole nitrogens is 1. The number of carbonyl (C=O) groups is 1. The number of nitrogens with zero attached hydrogens (tertiary/aromatic N) is 2. The highest BCUT2D eigenvalue weighted by Gasteiger charge is 2.20. The van der Waals surface area contributed by atoms with Crippen molar-refractivity contribution in [1.29, 1.82) is 0 Å². The van der Waals surface area contributed by atoms with Crippen LogP contribution in [0.5, 0.6) is 0 Å². The molecular formula is C6H8ClN3O3. The Morgan fingerprint density at radius 1 is 1.77 bits per heavy atom.